The van der Waals surface area contributed by atoms with Crippen LogP contribution in [-0.4, -0.2) is 12.6 Å². The molecule has 0 aromatic heterocycles. The molecule has 3 nitrogen and oxygen atoms in total. The molecule has 0 radical (unpaired) electrons. The van der Waals surface area contributed by atoms with Crippen LogP contribution in [0.2, 0.25) is 0 Å². The molecular weight excluding hydrogens is 584 g/mol. The van der Waals surface area contributed by atoms with Crippen LogP contribution in [0.4, 0.5) is 35.1 Å². The Labute approximate surface area is 246 Å². The minimum atomic E-state index is -2.39. The fourth-order valence-corrected chi connectivity index (χ4v) is 5.49. The number of hydrogen-bond donors (Lipinski definition) is 0. The number of hydrogen-bond acceptors (Lipinski definition) is 3. The van der Waals surface area contributed by atoms with Gasteiger partial charge in [-0.2, -0.15) is 17.6 Å². The molecule has 2 aromatic rings. The first-order valence-corrected chi connectivity index (χ1v) is 15.1. The fourth-order valence-electron chi connectivity index (χ4n) is 5.49. The number of halogens is 8. The van der Waals surface area contributed by atoms with Crippen molar-refractivity contribution in [3.05, 3.63) is 46.5 Å². The summed E-state index contributed by atoms with van der Waals surface area (Å²) in [6.45, 7) is 3.66. The molecule has 1 fully saturated rings. The molecule has 0 atom stereocenters. The summed E-state index contributed by atoms with van der Waals surface area (Å²) in [4.78, 5) is 12.6. The molecule has 0 amide bonds. The van der Waals surface area contributed by atoms with Gasteiger partial charge in [0.15, 0.2) is 29.0 Å². The van der Waals surface area contributed by atoms with Gasteiger partial charge >= 0.3 is 5.97 Å². The zero-order chi connectivity index (χ0) is 31.7. The summed E-state index contributed by atoms with van der Waals surface area (Å²) in [6.07, 6.45) is 11.6. The van der Waals surface area contributed by atoms with Gasteiger partial charge in [0.2, 0.25) is 29.0 Å². The Morgan fingerprint density at radius 1 is 0.581 bits per heavy atom. The van der Waals surface area contributed by atoms with Crippen molar-refractivity contribution in [1.29, 1.82) is 0 Å². The van der Waals surface area contributed by atoms with Crippen LogP contribution in [0.15, 0.2) is 0 Å². The van der Waals surface area contributed by atoms with Gasteiger partial charge < -0.3 is 9.47 Å². The molecular formula is C32H38F8O3. The lowest BCUT2D eigenvalue weighted by Crippen LogP contribution is -2.26. The summed E-state index contributed by atoms with van der Waals surface area (Å²) in [5, 5.41) is 0. The molecule has 43 heavy (non-hydrogen) atoms. The number of benzene rings is 2. The summed E-state index contributed by atoms with van der Waals surface area (Å²) >= 11 is 0. The second-order valence-electron chi connectivity index (χ2n) is 11.2. The van der Waals surface area contributed by atoms with Gasteiger partial charge in [-0.25, -0.2) is 17.6 Å². The number of carbonyl (C=O) groups is 1. The Balaban J connectivity index is 1.76. The SMILES string of the molecule is CCCCCCCC[C@H]1CC[C@H](C(=O)Oc2c(F)c(F)c(-c3c(F)c(F)c(OCCCCC)c(F)c3F)c(F)c2F)CC1. The summed E-state index contributed by atoms with van der Waals surface area (Å²) in [6, 6.07) is 0. The Morgan fingerprint density at radius 2 is 1.02 bits per heavy atom. The number of rotatable bonds is 15. The molecule has 240 valence electrons. The molecule has 0 spiro atoms. The summed E-state index contributed by atoms with van der Waals surface area (Å²) in [7, 11) is 0. The second-order valence-corrected chi connectivity index (χ2v) is 11.2. The third-order valence-corrected chi connectivity index (χ3v) is 8.04. The van der Waals surface area contributed by atoms with Gasteiger partial charge in [0.05, 0.1) is 23.7 Å². The molecule has 2 aromatic carbocycles. The number of ether oxygens (including phenoxy) is 2. The van der Waals surface area contributed by atoms with E-state index in [0.717, 1.165) is 25.7 Å². The monoisotopic (exact) mass is 622 g/mol. The largest absolute Gasteiger partial charge is 0.487 e. The van der Waals surface area contributed by atoms with Crippen LogP contribution >= 0.6 is 0 Å². The third-order valence-electron chi connectivity index (χ3n) is 8.04. The van der Waals surface area contributed by atoms with Gasteiger partial charge in [-0.05, 0) is 38.0 Å². The second kappa shape index (κ2) is 16.3. The van der Waals surface area contributed by atoms with Gasteiger partial charge in [-0.3, -0.25) is 4.79 Å². The van der Waals surface area contributed by atoms with Crippen LogP contribution in [0.1, 0.15) is 104 Å². The van der Waals surface area contributed by atoms with Gasteiger partial charge in [-0.1, -0.05) is 71.6 Å². The van der Waals surface area contributed by atoms with Crippen molar-refractivity contribution >= 4 is 5.97 Å². The zero-order valence-corrected chi connectivity index (χ0v) is 24.5. The highest BCUT2D eigenvalue weighted by atomic mass is 19.2. The predicted octanol–water partition coefficient (Wildman–Crippen LogP) is 10.5. The zero-order valence-electron chi connectivity index (χ0n) is 24.5. The standard InChI is InChI=1S/C32H38F8O3/c1-3-5-7-8-9-10-12-18-13-15-19(16-14-18)32(41)43-31-28(39)24(35)21(25(36)29(31)40)20-22(33)26(37)30(27(38)23(20)34)42-17-11-6-4-2/h18-19H,3-17H2,1-2H3/t18-,19-. The average molecular weight is 623 g/mol. The lowest BCUT2D eigenvalue weighted by Gasteiger charge is -2.27. The molecule has 11 heteroatoms. The molecule has 0 unspecified atom stereocenters. The van der Waals surface area contributed by atoms with Crippen molar-refractivity contribution in [2.75, 3.05) is 6.61 Å². The maximum atomic E-state index is 15.0. The summed E-state index contributed by atoms with van der Waals surface area (Å²) < 4.78 is 128. The first-order valence-electron chi connectivity index (χ1n) is 15.1. The average Bonchev–Trinajstić information content (AvgIpc) is 3.00. The van der Waals surface area contributed by atoms with E-state index in [1.165, 1.54) is 19.3 Å². The first kappa shape index (κ1) is 34.6. The van der Waals surface area contributed by atoms with Crippen molar-refractivity contribution in [2.24, 2.45) is 11.8 Å². The lowest BCUT2D eigenvalue weighted by atomic mass is 9.79. The summed E-state index contributed by atoms with van der Waals surface area (Å²) in [5.41, 5.74) is -4.04. The van der Waals surface area contributed by atoms with Crippen LogP contribution in [0.3, 0.4) is 0 Å². The topological polar surface area (TPSA) is 35.5 Å². The van der Waals surface area contributed by atoms with E-state index in [2.05, 4.69) is 6.92 Å². The van der Waals surface area contributed by atoms with E-state index in [1.54, 1.807) is 0 Å². The highest BCUT2D eigenvalue weighted by molar-refractivity contribution is 5.76. The van der Waals surface area contributed by atoms with E-state index in [4.69, 9.17) is 9.47 Å². The molecule has 1 aliphatic carbocycles. The van der Waals surface area contributed by atoms with E-state index in [1.807, 2.05) is 6.92 Å². The van der Waals surface area contributed by atoms with E-state index in [-0.39, 0.29) is 6.61 Å². The Kier molecular flexibility index (Phi) is 13.1. The first-order chi connectivity index (χ1) is 20.5. The highest BCUT2D eigenvalue weighted by Gasteiger charge is 2.37. The van der Waals surface area contributed by atoms with Crippen molar-refractivity contribution in [3.63, 3.8) is 0 Å². The molecule has 0 heterocycles. The summed E-state index contributed by atoms with van der Waals surface area (Å²) in [5.74, 6) is -22.9. The minimum absolute atomic E-state index is 0.293. The van der Waals surface area contributed by atoms with Gasteiger partial charge in [0.25, 0.3) is 0 Å². The normalized spacial score (nSPS) is 16.9. The minimum Gasteiger partial charge on any atom is -0.487 e. The maximum absolute atomic E-state index is 15.0. The van der Waals surface area contributed by atoms with Crippen molar-refractivity contribution < 1.29 is 49.4 Å². The van der Waals surface area contributed by atoms with Crippen molar-refractivity contribution in [2.45, 2.75) is 104 Å². The fraction of sp³-hybridized carbons (Fsp3) is 0.594. The number of unbranched alkanes of at least 4 members (excludes halogenated alkanes) is 7. The molecule has 0 bridgehead atoms. The van der Waals surface area contributed by atoms with Crippen LogP contribution in [0.5, 0.6) is 11.5 Å². The van der Waals surface area contributed by atoms with Crippen LogP contribution < -0.4 is 9.47 Å². The van der Waals surface area contributed by atoms with E-state index in [9.17, 15) is 39.9 Å². The molecule has 0 N–H and O–H groups in total. The number of esters is 1. The van der Waals surface area contributed by atoms with Gasteiger partial charge in [-0.15, -0.1) is 0 Å². The smallest absolute Gasteiger partial charge is 0.314 e. The quantitative estimate of drug-likeness (QED) is 0.0652. The molecule has 0 saturated heterocycles. The Morgan fingerprint density at radius 3 is 1.53 bits per heavy atom. The Bertz CT molecular complexity index is 1200. The Hall–Kier alpha value is -2.85. The highest BCUT2D eigenvalue weighted by Crippen LogP contribution is 2.42. The van der Waals surface area contributed by atoms with Crippen molar-refractivity contribution in [1.82, 2.24) is 0 Å². The third kappa shape index (κ3) is 8.20. The van der Waals surface area contributed by atoms with Crippen LogP contribution in [0.25, 0.3) is 11.1 Å². The lowest BCUT2D eigenvalue weighted by molar-refractivity contribution is -0.140. The van der Waals surface area contributed by atoms with E-state index in [0.29, 0.717) is 50.9 Å². The van der Waals surface area contributed by atoms with Crippen LogP contribution in [0, 0.1) is 58.4 Å². The molecule has 3 rings (SSSR count). The molecule has 1 aliphatic rings. The molecule has 0 aliphatic heterocycles. The van der Waals surface area contributed by atoms with E-state index >= 15 is 0 Å². The number of carbonyl (C=O) groups excluding carboxylic acids is 1. The van der Waals surface area contributed by atoms with Crippen LogP contribution in [-0.2, 0) is 4.79 Å². The van der Waals surface area contributed by atoms with Gasteiger partial charge in [0, 0.05) is 0 Å². The molecule has 1 saturated carbocycles. The van der Waals surface area contributed by atoms with E-state index < -0.39 is 81.1 Å². The predicted molar refractivity (Wildman–Crippen MR) is 146 cm³/mol. The van der Waals surface area contributed by atoms with Crippen molar-refractivity contribution in [3.8, 4) is 22.6 Å². The maximum Gasteiger partial charge on any atom is 0.314 e. The van der Waals surface area contributed by atoms with Gasteiger partial charge in [0.1, 0.15) is 0 Å².